The van der Waals surface area contributed by atoms with Gasteiger partial charge in [0, 0.05) is 38.5 Å². The van der Waals surface area contributed by atoms with Crippen molar-refractivity contribution < 1.29 is 14.1 Å². The van der Waals surface area contributed by atoms with Crippen LogP contribution in [0.5, 0.6) is 0 Å². The Morgan fingerprint density at radius 1 is 1.41 bits per heavy atom. The Kier molecular flexibility index (Phi) is 4.18. The molecule has 0 saturated carbocycles. The van der Waals surface area contributed by atoms with Gasteiger partial charge in [0.05, 0.1) is 12.5 Å². The van der Waals surface area contributed by atoms with Crippen molar-refractivity contribution in [1.82, 2.24) is 15.0 Å². The van der Waals surface area contributed by atoms with Crippen molar-refractivity contribution >= 4 is 11.8 Å². The summed E-state index contributed by atoms with van der Waals surface area (Å²) >= 11 is 0. The van der Waals surface area contributed by atoms with Gasteiger partial charge < -0.3 is 14.3 Å². The largest absolute Gasteiger partial charge is 0.361 e. The molecule has 1 unspecified atom stereocenters. The first-order chi connectivity index (χ1) is 10.6. The molecule has 0 radical (unpaired) electrons. The Hall–Kier alpha value is -1.85. The third-order valence-electron chi connectivity index (χ3n) is 4.74. The third-order valence-corrected chi connectivity index (χ3v) is 4.74. The molecule has 2 amide bonds. The molecule has 0 bridgehead atoms. The lowest BCUT2D eigenvalue weighted by molar-refractivity contribution is -0.135. The molecule has 2 heterocycles. The maximum absolute atomic E-state index is 12.5. The number of fused-ring (bicyclic) bond motifs is 1. The Labute approximate surface area is 130 Å². The van der Waals surface area contributed by atoms with E-state index in [0.717, 1.165) is 37.1 Å². The van der Waals surface area contributed by atoms with Gasteiger partial charge in [0.1, 0.15) is 11.5 Å². The lowest BCUT2D eigenvalue weighted by Gasteiger charge is -2.21. The van der Waals surface area contributed by atoms with E-state index in [9.17, 15) is 9.59 Å². The summed E-state index contributed by atoms with van der Waals surface area (Å²) in [7, 11) is 1.78. The predicted octanol–water partition coefficient (Wildman–Crippen LogP) is 1.38. The predicted molar refractivity (Wildman–Crippen MR) is 80.0 cm³/mol. The molecule has 1 fully saturated rings. The summed E-state index contributed by atoms with van der Waals surface area (Å²) < 4.78 is 5.39. The van der Waals surface area contributed by atoms with E-state index < -0.39 is 0 Å². The van der Waals surface area contributed by atoms with Gasteiger partial charge >= 0.3 is 0 Å². The molecular formula is C16H23N3O3. The molecule has 0 spiro atoms. The number of amides is 2. The summed E-state index contributed by atoms with van der Waals surface area (Å²) in [5.41, 5.74) is 2.06. The second-order valence-electron chi connectivity index (χ2n) is 6.27. The molecular weight excluding hydrogens is 282 g/mol. The molecule has 120 valence electrons. The molecule has 0 N–H and O–H groups in total. The Bertz CT molecular complexity index is 581. The van der Waals surface area contributed by atoms with Crippen LogP contribution in [0.2, 0.25) is 0 Å². The quantitative estimate of drug-likeness (QED) is 0.843. The minimum Gasteiger partial charge on any atom is -0.361 e. The highest BCUT2D eigenvalue weighted by Crippen LogP contribution is 2.26. The zero-order chi connectivity index (χ0) is 15.7. The smallest absolute Gasteiger partial charge is 0.228 e. The Morgan fingerprint density at radius 2 is 2.18 bits per heavy atom. The van der Waals surface area contributed by atoms with E-state index in [-0.39, 0.29) is 17.7 Å². The highest BCUT2D eigenvalue weighted by molar-refractivity contribution is 5.89. The van der Waals surface area contributed by atoms with Crippen molar-refractivity contribution in [2.24, 2.45) is 5.92 Å². The minimum absolute atomic E-state index is 0.0249. The first-order valence-electron chi connectivity index (χ1n) is 8.09. The number of carbonyl (C=O) groups excluding carboxylic acids is 2. The topological polar surface area (TPSA) is 66.7 Å². The molecule has 2 aliphatic rings. The van der Waals surface area contributed by atoms with Crippen molar-refractivity contribution in [3.8, 4) is 0 Å². The number of hydrogen-bond acceptors (Lipinski definition) is 4. The molecule has 22 heavy (non-hydrogen) atoms. The highest BCUT2D eigenvalue weighted by Gasteiger charge is 2.35. The van der Waals surface area contributed by atoms with Crippen LogP contribution in [0.1, 0.15) is 43.2 Å². The van der Waals surface area contributed by atoms with E-state index in [1.807, 2.05) is 6.92 Å². The molecule has 1 saturated heterocycles. The van der Waals surface area contributed by atoms with Crippen LogP contribution < -0.4 is 0 Å². The molecule has 1 aromatic rings. The van der Waals surface area contributed by atoms with Gasteiger partial charge in [-0.05, 0) is 26.2 Å². The Balaban J connectivity index is 1.65. The van der Waals surface area contributed by atoms with Gasteiger partial charge in [-0.1, -0.05) is 5.16 Å². The van der Waals surface area contributed by atoms with Gasteiger partial charge in [-0.15, -0.1) is 0 Å². The number of aryl methyl sites for hydroxylation is 1. The second kappa shape index (κ2) is 6.10. The van der Waals surface area contributed by atoms with Gasteiger partial charge in [-0.25, -0.2) is 0 Å². The zero-order valence-electron chi connectivity index (χ0n) is 13.3. The van der Waals surface area contributed by atoms with E-state index in [0.29, 0.717) is 26.1 Å². The van der Waals surface area contributed by atoms with E-state index in [2.05, 4.69) is 5.16 Å². The Morgan fingerprint density at radius 3 is 2.91 bits per heavy atom. The van der Waals surface area contributed by atoms with Gasteiger partial charge in [0.2, 0.25) is 11.8 Å². The number of carbonyl (C=O) groups is 2. The van der Waals surface area contributed by atoms with Crippen LogP contribution in [0.3, 0.4) is 0 Å². The standard InChI is InChI=1S/C16H23N3O3/c1-3-19-9-11(8-15(19)20)16(21)18(2)10-13-12-6-4-5-7-14(12)22-17-13/h11H,3-10H2,1-2H3. The lowest BCUT2D eigenvalue weighted by Crippen LogP contribution is -2.34. The van der Waals surface area contributed by atoms with E-state index >= 15 is 0 Å². The normalized spacial score (nSPS) is 21.1. The molecule has 3 rings (SSSR count). The summed E-state index contributed by atoms with van der Waals surface area (Å²) in [6, 6.07) is 0. The lowest BCUT2D eigenvalue weighted by atomic mass is 9.96. The maximum Gasteiger partial charge on any atom is 0.228 e. The minimum atomic E-state index is -0.222. The first-order valence-corrected chi connectivity index (χ1v) is 8.09. The molecule has 6 nitrogen and oxygen atoms in total. The molecule has 1 aromatic heterocycles. The van der Waals surface area contributed by atoms with Crippen LogP contribution >= 0.6 is 0 Å². The van der Waals surface area contributed by atoms with Crippen LogP contribution in [0, 0.1) is 5.92 Å². The van der Waals surface area contributed by atoms with Crippen molar-refractivity contribution in [1.29, 1.82) is 0 Å². The van der Waals surface area contributed by atoms with E-state index in [1.54, 1.807) is 16.8 Å². The summed E-state index contributed by atoms with van der Waals surface area (Å²) in [4.78, 5) is 27.7. The van der Waals surface area contributed by atoms with Crippen LogP contribution in [-0.2, 0) is 29.0 Å². The number of aromatic nitrogens is 1. The molecule has 6 heteroatoms. The van der Waals surface area contributed by atoms with Crippen LogP contribution in [0.4, 0.5) is 0 Å². The van der Waals surface area contributed by atoms with Crippen LogP contribution in [-0.4, -0.2) is 46.9 Å². The number of likely N-dealkylation sites (tertiary alicyclic amines) is 1. The van der Waals surface area contributed by atoms with E-state index in [4.69, 9.17) is 4.52 Å². The number of nitrogens with zero attached hydrogens (tertiary/aromatic N) is 3. The van der Waals surface area contributed by atoms with Crippen LogP contribution in [0.15, 0.2) is 4.52 Å². The SMILES string of the molecule is CCN1CC(C(=O)N(C)Cc2noc3c2CCCC3)CC1=O. The fourth-order valence-corrected chi connectivity index (χ4v) is 3.43. The first kappa shape index (κ1) is 15.1. The zero-order valence-corrected chi connectivity index (χ0v) is 13.3. The van der Waals surface area contributed by atoms with Crippen molar-refractivity contribution in [3.05, 3.63) is 17.0 Å². The summed E-state index contributed by atoms with van der Waals surface area (Å²) in [5.74, 6) is 0.861. The summed E-state index contributed by atoms with van der Waals surface area (Å²) in [5, 5.41) is 4.15. The highest BCUT2D eigenvalue weighted by atomic mass is 16.5. The molecule has 1 aliphatic carbocycles. The fourth-order valence-electron chi connectivity index (χ4n) is 3.43. The fraction of sp³-hybridized carbons (Fsp3) is 0.688. The monoisotopic (exact) mass is 305 g/mol. The van der Waals surface area contributed by atoms with Crippen molar-refractivity contribution in [2.75, 3.05) is 20.1 Å². The number of rotatable bonds is 4. The molecule has 0 aromatic carbocycles. The maximum atomic E-state index is 12.5. The van der Waals surface area contributed by atoms with Crippen molar-refractivity contribution in [3.63, 3.8) is 0 Å². The average Bonchev–Trinajstić information content (AvgIpc) is 3.10. The third kappa shape index (κ3) is 2.74. The second-order valence-corrected chi connectivity index (χ2v) is 6.27. The molecule has 1 aliphatic heterocycles. The molecule has 1 atom stereocenters. The van der Waals surface area contributed by atoms with E-state index in [1.165, 1.54) is 5.56 Å². The van der Waals surface area contributed by atoms with Gasteiger partial charge in [-0.2, -0.15) is 0 Å². The summed E-state index contributed by atoms with van der Waals surface area (Å²) in [6.07, 6.45) is 4.56. The number of hydrogen-bond donors (Lipinski definition) is 0. The summed E-state index contributed by atoms with van der Waals surface area (Å²) in [6.45, 7) is 3.61. The van der Waals surface area contributed by atoms with Crippen LogP contribution in [0.25, 0.3) is 0 Å². The van der Waals surface area contributed by atoms with Gasteiger partial charge in [0.25, 0.3) is 0 Å². The van der Waals surface area contributed by atoms with Gasteiger partial charge in [0.15, 0.2) is 0 Å². The van der Waals surface area contributed by atoms with Gasteiger partial charge in [-0.3, -0.25) is 9.59 Å². The van der Waals surface area contributed by atoms with Crippen molar-refractivity contribution in [2.45, 2.75) is 45.6 Å². The average molecular weight is 305 g/mol.